The maximum Gasteiger partial charge on any atom is 0.233 e. The summed E-state index contributed by atoms with van der Waals surface area (Å²) in [6.45, 7) is 3.14. The molecule has 1 saturated heterocycles. The minimum atomic E-state index is 0.0838. The Bertz CT molecular complexity index is 1070. The molecule has 32 heavy (non-hydrogen) atoms. The summed E-state index contributed by atoms with van der Waals surface area (Å²) in [6, 6.07) is 14.3. The predicted molar refractivity (Wildman–Crippen MR) is 125 cm³/mol. The summed E-state index contributed by atoms with van der Waals surface area (Å²) in [5.41, 5.74) is 1.16. The molecular weight excluding hydrogens is 442 g/mol. The van der Waals surface area contributed by atoms with Crippen LogP contribution in [0.5, 0.6) is 0 Å². The number of rotatable bonds is 7. The second-order valence-electron chi connectivity index (χ2n) is 8.12. The largest absolute Gasteiger partial charge is 0.339 e. The standard InChI is InChI=1S/C23H25N5O2S2/c29-20(26-10-12-27(13-11-26)22(30)18-8-9-18)16-32-23-25-24-21(19-7-4-14-31-19)28(23)15-17-5-2-1-3-6-17/h1-7,14,18H,8-13,15-16H2. The molecule has 1 saturated carbocycles. The molecule has 0 radical (unpaired) electrons. The van der Waals surface area contributed by atoms with E-state index in [1.807, 2.05) is 45.5 Å². The number of hydrogen-bond donors (Lipinski definition) is 0. The fourth-order valence-electron chi connectivity index (χ4n) is 3.87. The second kappa shape index (κ2) is 9.46. The van der Waals surface area contributed by atoms with Crippen molar-refractivity contribution in [3.05, 3.63) is 53.4 Å². The molecule has 9 heteroatoms. The Morgan fingerprint density at radius 1 is 0.969 bits per heavy atom. The highest BCUT2D eigenvalue weighted by atomic mass is 32.2. The van der Waals surface area contributed by atoms with E-state index in [0.29, 0.717) is 38.5 Å². The van der Waals surface area contributed by atoms with Crippen LogP contribution in [0.4, 0.5) is 0 Å². The van der Waals surface area contributed by atoms with Crippen LogP contribution in [0.25, 0.3) is 10.7 Å². The van der Waals surface area contributed by atoms with Crippen LogP contribution in [-0.4, -0.2) is 68.3 Å². The van der Waals surface area contributed by atoms with Gasteiger partial charge in [-0.3, -0.25) is 14.2 Å². The fraction of sp³-hybridized carbons (Fsp3) is 0.391. The lowest BCUT2D eigenvalue weighted by Crippen LogP contribution is -2.51. The molecule has 2 aliphatic rings. The number of benzene rings is 1. The van der Waals surface area contributed by atoms with Gasteiger partial charge in [0.05, 0.1) is 17.2 Å². The van der Waals surface area contributed by atoms with Crippen molar-refractivity contribution in [2.24, 2.45) is 5.92 Å². The molecule has 5 rings (SSSR count). The molecule has 2 fully saturated rings. The molecule has 166 valence electrons. The van der Waals surface area contributed by atoms with E-state index in [2.05, 4.69) is 26.9 Å². The average Bonchev–Trinajstić information content (AvgIpc) is 3.40. The van der Waals surface area contributed by atoms with Gasteiger partial charge in [0.25, 0.3) is 0 Å². The van der Waals surface area contributed by atoms with Gasteiger partial charge in [0.1, 0.15) is 0 Å². The van der Waals surface area contributed by atoms with E-state index in [9.17, 15) is 9.59 Å². The van der Waals surface area contributed by atoms with Crippen molar-refractivity contribution in [1.29, 1.82) is 0 Å². The van der Waals surface area contributed by atoms with Crippen molar-refractivity contribution in [2.75, 3.05) is 31.9 Å². The topological polar surface area (TPSA) is 71.3 Å². The van der Waals surface area contributed by atoms with E-state index in [-0.39, 0.29) is 17.7 Å². The van der Waals surface area contributed by atoms with Crippen LogP contribution < -0.4 is 0 Å². The minimum Gasteiger partial charge on any atom is -0.339 e. The van der Waals surface area contributed by atoms with Crippen molar-refractivity contribution in [2.45, 2.75) is 24.5 Å². The summed E-state index contributed by atoms with van der Waals surface area (Å²) < 4.78 is 2.09. The fourth-order valence-corrected chi connectivity index (χ4v) is 5.43. The second-order valence-corrected chi connectivity index (χ2v) is 10.0. The number of amides is 2. The van der Waals surface area contributed by atoms with E-state index in [0.717, 1.165) is 34.3 Å². The van der Waals surface area contributed by atoms with Crippen LogP contribution in [0.3, 0.4) is 0 Å². The molecule has 3 aromatic rings. The van der Waals surface area contributed by atoms with E-state index in [4.69, 9.17) is 0 Å². The van der Waals surface area contributed by atoms with Crippen molar-refractivity contribution < 1.29 is 9.59 Å². The lowest BCUT2D eigenvalue weighted by molar-refractivity contribution is -0.139. The Morgan fingerprint density at radius 2 is 1.72 bits per heavy atom. The van der Waals surface area contributed by atoms with Crippen LogP contribution in [0.1, 0.15) is 18.4 Å². The maximum atomic E-state index is 12.8. The number of carbonyl (C=O) groups is 2. The third kappa shape index (κ3) is 4.73. The lowest BCUT2D eigenvalue weighted by Gasteiger charge is -2.34. The molecule has 2 aromatic heterocycles. The highest BCUT2D eigenvalue weighted by Gasteiger charge is 2.35. The highest BCUT2D eigenvalue weighted by Crippen LogP contribution is 2.31. The summed E-state index contributed by atoms with van der Waals surface area (Å²) in [5, 5.41) is 11.6. The Balaban J connectivity index is 1.24. The van der Waals surface area contributed by atoms with Crippen LogP contribution in [0, 0.1) is 5.92 Å². The van der Waals surface area contributed by atoms with Gasteiger partial charge in [-0.25, -0.2) is 0 Å². The van der Waals surface area contributed by atoms with Crippen molar-refractivity contribution in [3.63, 3.8) is 0 Å². The molecule has 1 aromatic carbocycles. The number of carbonyl (C=O) groups excluding carboxylic acids is 2. The van der Waals surface area contributed by atoms with Gasteiger partial charge in [-0.05, 0) is 29.9 Å². The molecule has 0 unspecified atom stereocenters. The Morgan fingerprint density at radius 3 is 2.41 bits per heavy atom. The minimum absolute atomic E-state index is 0.0838. The van der Waals surface area contributed by atoms with Crippen molar-refractivity contribution >= 4 is 34.9 Å². The van der Waals surface area contributed by atoms with Gasteiger partial charge in [0, 0.05) is 32.1 Å². The van der Waals surface area contributed by atoms with Crippen molar-refractivity contribution in [1.82, 2.24) is 24.6 Å². The molecule has 2 amide bonds. The summed E-state index contributed by atoms with van der Waals surface area (Å²) in [6.07, 6.45) is 2.04. The summed E-state index contributed by atoms with van der Waals surface area (Å²) >= 11 is 3.06. The van der Waals surface area contributed by atoms with Gasteiger partial charge in [-0.1, -0.05) is 48.2 Å². The van der Waals surface area contributed by atoms with Crippen LogP contribution in [0.15, 0.2) is 53.0 Å². The number of aromatic nitrogens is 3. The average molecular weight is 468 g/mol. The summed E-state index contributed by atoms with van der Waals surface area (Å²) in [7, 11) is 0. The first kappa shape index (κ1) is 21.2. The van der Waals surface area contributed by atoms with Gasteiger partial charge in [-0.15, -0.1) is 21.5 Å². The number of piperazine rings is 1. The van der Waals surface area contributed by atoms with Gasteiger partial charge < -0.3 is 9.80 Å². The zero-order valence-electron chi connectivity index (χ0n) is 17.7. The van der Waals surface area contributed by atoms with Crippen LogP contribution in [0.2, 0.25) is 0 Å². The number of thioether (sulfide) groups is 1. The van der Waals surface area contributed by atoms with Crippen LogP contribution in [-0.2, 0) is 16.1 Å². The molecule has 1 aliphatic carbocycles. The van der Waals surface area contributed by atoms with E-state index in [1.54, 1.807) is 11.3 Å². The van der Waals surface area contributed by atoms with Gasteiger partial charge >= 0.3 is 0 Å². The van der Waals surface area contributed by atoms with Crippen LogP contribution >= 0.6 is 23.1 Å². The molecule has 3 heterocycles. The highest BCUT2D eigenvalue weighted by molar-refractivity contribution is 7.99. The Labute approximate surface area is 195 Å². The first-order chi connectivity index (χ1) is 15.7. The molecule has 0 N–H and O–H groups in total. The Kier molecular flexibility index (Phi) is 6.27. The zero-order chi connectivity index (χ0) is 21.9. The van der Waals surface area contributed by atoms with E-state index >= 15 is 0 Å². The first-order valence-corrected chi connectivity index (χ1v) is 12.8. The molecule has 0 spiro atoms. The smallest absolute Gasteiger partial charge is 0.233 e. The first-order valence-electron chi connectivity index (χ1n) is 10.9. The quantitative estimate of drug-likeness (QED) is 0.499. The number of nitrogens with zero attached hydrogens (tertiary/aromatic N) is 5. The summed E-state index contributed by atoms with van der Waals surface area (Å²) in [4.78, 5) is 29.9. The number of hydrogen-bond acceptors (Lipinski definition) is 6. The maximum absolute atomic E-state index is 12.8. The molecule has 0 bridgehead atoms. The third-order valence-corrected chi connectivity index (χ3v) is 7.65. The van der Waals surface area contributed by atoms with E-state index < -0.39 is 0 Å². The van der Waals surface area contributed by atoms with Gasteiger partial charge in [0.2, 0.25) is 11.8 Å². The SMILES string of the molecule is O=C(CSc1nnc(-c2cccs2)n1Cc1ccccc1)N1CCN(C(=O)C2CC2)CC1. The summed E-state index contributed by atoms with van der Waals surface area (Å²) in [5.74, 6) is 1.72. The molecule has 7 nitrogen and oxygen atoms in total. The van der Waals surface area contributed by atoms with Gasteiger partial charge in [0.15, 0.2) is 11.0 Å². The predicted octanol–water partition coefficient (Wildman–Crippen LogP) is 3.23. The van der Waals surface area contributed by atoms with Crippen molar-refractivity contribution in [3.8, 4) is 10.7 Å². The molecular formula is C23H25N5O2S2. The zero-order valence-corrected chi connectivity index (χ0v) is 19.4. The van der Waals surface area contributed by atoms with E-state index in [1.165, 1.54) is 11.8 Å². The lowest BCUT2D eigenvalue weighted by atomic mass is 10.2. The normalized spacial score (nSPS) is 16.4. The third-order valence-electron chi connectivity index (χ3n) is 5.84. The molecule has 1 aliphatic heterocycles. The van der Waals surface area contributed by atoms with Gasteiger partial charge in [-0.2, -0.15) is 0 Å². The Hall–Kier alpha value is -2.65. The molecule has 0 atom stereocenters. The monoisotopic (exact) mass is 467 g/mol. The number of thiophene rings is 1.